The maximum Gasteiger partial charge on any atom is 0.264 e. The number of hydrogen-bond acceptors (Lipinski definition) is 2. The van der Waals surface area contributed by atoms with Gasteiger partial charge in [-0.15, -0.1) is 0 Å². The second-order valence-corrected chi connectivity index (χ2v) is 5.03. The minimum absolute atomic E-state index is 0.125. The van der Waals surface area contributed by atoms with Crippen LogP contribution in [0.15, 0.2) is 41.3 Å². The van der Waals surface area contributed by atoms with Crippen molar-refractivity contribution in [2.75, 3.05) is 0 Å². The van der Waals surface area contributed by atoms with Gasteiger partial charge in [0.2, 0.25) is 0 Å². The molecule has 3 rings (SSSR count). The van der Waals surface area contributed by atoms with Crippen molar-refractivity contribution < 1.29 is 4.39 Å². The van der Waals surface area contributed by atoms with Crippen molar-refractivity contribution in [3.8, 4) is 11.3 Å². The van der Waals surface area contributed by atoms with Crippen LogP contribution in [-0.2, 0) is 20.5 Å². The quantitative estimate of drug-likeness (QED) is 0.799. The molecular formula is C15H15FN4O. The first kappa shape index (κ1) is 13.4. The van der Waals surface area contributed by atoms with Gasteiger partial charge in [-0.2, -0.15) is 5.10 Å². The average Bonchev–Trinajstić information content (AvgIpc) is 2.94. The lowest BCUT2D eigenvalue weighted by Gasteiger charge is -2.03. The highest BCUT2D eigenvalue weighted by Crippen LogP contribution is 2.24. The van der Waals surface area contributed by atoms with Crippen molar-refractivity contribution in [1.82, 2.24) is 19.6 Å². The number of aryl methyl sites for hydroxylation is 2. The largest absolute Gasteiger partial charge is 0.292 e. The van der Waals surface area contributed by atoms with Gasteiger partial charge < -0.3 is 0 Å². The Morgan fingerprint density at radius 1 is 1.24 bits per heavy atom. The molecule has 0 saturated heterocycles. The molecule has 0 radical (unpaired) electrons. The third-order valence-electron chi connectivity index (χ3n) is 3.40. The van der Waals surface area contributed by atoms with Crippen molar-refractivity contribution in [3.63, 3.8) is 0 Å². The first-order valence-electron chi connectivity index (χ1n) is 6.56. The van der Waals surface area contributed by atoms with E-state index >= 15 is 0 Å². The van der Waals surface area contributed by atoms with E-state index < -0.39 is 0 Å². The summed E-state index contributed by atoms with van der Waals surface area (Å²) < 4.78 is 16.5. The smallest absolute Gasteiger partial charge is 0.264 e. The lowest BCUT2D eigenvalue weighted by molar-refractivity contribution is 0.628. The molecular weight excluding hydrogens is 271 g/mol. The van der Waals surface area contributed by atoms with Gasteiger partial charge in [-0.05, 0) is 24.3 Å². The highest BCUT2D eigenvalue weighted by atomic mass is 19.1. The van der Waals surface area contributed by atoms with Gasteiger partial charge in [-0.1, -0.05) is 0 Å². The molecule has 0 bridgehead atoms. The van der Waals surface area contributed by atoms with Gasteiger partial charge in [-0.25, -0.2) is 4.39 Å². The van der Waals surface area contributed by atoms with Gasteiger partial charge >= 0.3 is 0 Å². The first-order valence-corrected chi connectivity index (χ1v) is 6.56. The van der Waals surface area contributed by atoms with Crippen LogP contribution in [0.4, 0.5) is 4.39 Å². The number of aromatic nitrogens is 4. The van der Waals surface area contributed by atoms with Gasteiger partial charge in [0.15, 0.2) is 0 Å². The van der Waals surface area contributed by atoms with Crippen LogP contribution < -0.4 is 5.56 Å². The molecule has 2 heterocycles. The van der Waals surface area contributed by atoms with Gasteiger partial charge in [0.25, 0.3) is 5.56 Å². The predicted molar refractivity (Wildman–Crippen MR) is 77.4 cm³/mol. The van der Waals surface area contributed by atoms with Crippen molar-refractivity contribution >= 4 is 0 Å². The fourth-order valence-electron chi connectivity index (χ4n) is 2.40. The third-order valence-corrected chi connectivity index (χ3v) is 3.40. The zero-order valence-corrected chi connectivity index (χ0v) is 11.8. The molecule has 6 heteroatoms. The summed E-state index contributed by atoms with van der Waals surface area (Å²) >= 11 is 0. The van der Waals surface area contributed by atoms with Gasteiger partial charge in [0, 0.05) is 49.6 Å². The summed E-state index contributed by atoms with van der Waals surface area (Å²) in [5, 5.41) is 7.13. The fourth-order valence-corrected chi connectivity index (χ4v) is 2.40. The molecule has 3 aromatic rings. The molecule has 0 fully saturated rings. The highest BCUT2D eigenvalue weighted by molar-refractivity contribution is 5.63. The number of halogens is 1. The lowest BCUT2D eigenvalue weighted by atomic mass is 10.0. The molecule has 21 heavy (non-hydrogen) atoms. The molecule has 2 aromatic heterocycles. The Hall–Kier alpha value is -2.63. The van der Waals surface area contributed by atoms with E-state index in [4.69, 9.17) is 0 Å². The standard InChI is InChI=1S/C15H15FN4O/c1-19-9-11(7-13-8-14(21)17-20(13)2)15(18-19)10-3-5-12(16)6-4-10/h3-6,8-9H,7H2,1-2H3,(H,17,21). The van der Waals surface area contributed by atoms with Crippen LogP contribution >= 0.6 is 0 Å². The van der Waals surface area contributed by atoms with Crippen molar-refractivity contribution in [2.45, 2.75) is 6.42 Å². The van der Waals surface area contributed by atoms with Crippen LogP contribution in [0.1, 0.15) is 11.3 Å². The Morgan fingerprint density at radius 2 is 1.95 bits per heavy atom. The van der Waals surface area contributed by atoms with Crippen LogP contribution in [0.3, 0.4) is 0 Å². The monoisotopic (exact) mass is 286 g/mol. The van der Waals surface area contributed by atoms with E-state index in [1.165, 1.54) is 12.1 Å². The van der Waals surface area contributed by atoms with Gasteiger partial charge in [0.05, 0.1) is 5.69 Å². The van der Waals surface area contributed by atoms with Crippen molar-refractivity contribution in [3.05, 3.63) is 64.0 Å². The number of nitrogens with zero attached hydrogens (tertiary/aromatic N) is 3. The van der Waals surface area contributed by atoms with Crippen molar-refractivity contribution in [2.24, 2.45) is 14.1 Å². The third kappa shape index (κ3) is 2.65. The summed E-state index contributed by atoms with van der Waals surface area (Å²) in [6.07, 6.45) is 2.49. The Bertz CT molecular complexity index is 826. The van der Waals surface area contributed by atoms with E-state index in [9.17, 15) is 9.18 Å². The number of aromatic amines is 1. The van der Waals surface area contributed by atoms with Gasteiger partial charge in [-0.3, -0.25) is 19.3 Å². The molecule has 5 nitrogen and oxygen atoms in total. The molecule has 0 aliphatic rings. The van der Waals surface area contributed by atoms with E-state index in [1.54, 1.807) is 34.6 Å². The van der Waals surface area contributed by atoms with E-state index in [0.29, 0.717) is 6.42 Å². The maximum absolute atomic E-state index is 13.0. The molecule has 0 aliphatic heterocycles. The van der Waals surface area contributed by atoms with Crippen LogP contribution in [0, 0.1) is 5.82 Å². The number of rotatable bonds is 3. The molecule has 1 N–H and O–H groups in total. The molecule has 0 spiro atoms. The zero-order valence-electron chi connectivity index (χ0n) is 11.8. The summed E-state index contributed by atoms with van der Waals surface area (Å²) in [7, 11) is 3.64. The summed E-state index contributed by atoms with van der Waals surface area (Å²) in [6.45, 7) is 0. The van der Waals surface area contributed by atoms with E-state index in [0.717, 1.165) is 22.5 Å². The van der Waals surface area contributed by atoms with E-state index in [-0.39, 0.29) is 11.4 Å². The Labute approximate surface area is 120 Å². The topological polar surface area (TPSA) is 55.6 Å². The summed E-state index contributed by atoms with van der Waals surface area (Å²) in [6, 6.07) is 7.82. The minimum atomic E-state index is -0.274. The fraction of sp³-hybridized carbons (Fsp3) is 0.200. The Kier molecular flexibility index (Phi) is 3.21. The van der Waals surface area contributed by atoms with Crippen molar-refractivity contribution in [1.29, 1.82) is 0 Å². The molecule has 0 atom stereocenters. The van der Waals surface area contributed by atoms with Crippen LogP contribution in [0.5, 0.6) is 0 Å². The Balaban J connectivity index is 2.01. The summed E-state index contributed by atoms with van der Waals surface area (Å²) in [5.41, 5.74) is 3.38. The van der Waals surface area contributed by atoms with Crippen LogP contribution in [0.25, 0.3) is 11.3 Å². The minimum Gasteiger partial charge on any atom is -0.292 e. The highest BCUT2D eigenvalue weighted by Gasteiger charge is 2.13. The number of benzene rings is 1. The normalized spacial score (nSPS) is 11.0. The number of nitrogens with one attached hydrogen (secondary N) is 1. The lowest BCUT2D eigenvalue weighted by Crippen LogP contribution is -2.02. The second-order valence-electron chi connectivity index (χ2n) is 5.03. The van der Waals surface area contributed by atoms with E-state index in [1.807, 2.05) is 13.2 Å². The summed E-state index contributed by atoms with van der Waals surface area (Å²) in [5.74, 6) is -0.274. The first-order chi connectivity index (χ1) is 10.0. The SMILES string of the molecule is Cn1cc(Cc2cc(=O)[nH]n2C)c(-c2ccc(F)cc2)n1. The molecule has 0 amide bonds. The van der Waals surface area contributed by atoms with Crippen LogP contribution in [0.2, 0.25) is 0 Å². The molecule has 108 valence electrons. The number of H-pyrrole nitrogens is 1. The van der Waals surface area contributed by atoms with Crippen LogP contribution in [-0.4, -0.2) is 19.6 Å². The Morgan fingerprint density at radius 3 is 2.57 bits per heavy atom. The molecule has 0 aliphatic carbocycles. The predicted octanol–water partition coefficient (Wildman–Crippen LogP) is 1.84. The average molecular weight is 286 g/mol. The summed E-state index contributed by atoms with van der Waals surface area (Å²) in [4.78, 5) is 11.4. The zero-order chi connectivity index (χ0) is 15.0. The van der Waals surface area contributed by atoms with Gasteiger partial charge in [0.1, 0.15) is 5.82 Å². The second kappa shape index (κ2) is 5.05. The molecule has 0 saturated carbocycles. The number of hydrogen-bond donors (Lipinski definition) is 1. The maximum atomic E-state index is 13.0. The van der Waals surface area contributed by atoms with E-state index in [2.05, 4.69) is 10.2 Å². The molecule has 0 unspecified atom stereocenters. The molecule has 1 aromatic carbocycles.